The van der Waals surface area contributed by atoms with E-state index in [9.17, 15) is 18.0 Å². The second-order valence-electron chi connectivity index (χ2n) is 7.67. The van der Waals surface area contributed by atoms with E-state index in [0.717, 1.165) is 12.1 Å². The van der Waals surface area contributed by atoms with Gasteiger partial charge in [0.15, 0.2) is 5.82 Å². The Morgan fingerprint density at radius 3 is 2.18 bits per heavy atom. The van der Waals surface area contributed by atoms with E-state index >= 15 is 0 Å². The highest BCUT2D eigenvalue weighted by molar-refractivity contribution is 6.42. The number of hydrogen-bond donors (Lipinski definition) is 0. The topological polar surface area (TPSA) is 49.3 Å². The number of carbonyl (C=O) groups excluding carboxylic acids is 1. The molecule has 172 valence electrons. The molecule has 3 aromatic rings. The molecule has 1 aliphatic rings. The zero-order chi connectivity index (χ0) is 23.8. The highest BCUT2D eigenvalue weighted by atomic mass is 35.5. The Labute approximate surface area is 198 Å². The van der Waals surface area contributed by atoms with E-state index in [2.05, 4.69) is 9.97 Å². The highest BCUT2D eigenvalue weighted by Gasteiger charge is 2.30. The molecule has 5 nitrogen and oxygen atoms in total. The number of aryl methyl sites for hydroxylation is 1. The van der Waals surface area contributed by atoms with Crippen molar-refractivity contribution in [3.05, 3.63) is 75.4 Å². The third kappa shape index (κ3) is 5.23. The fraction of sp³-hybridized carbons (Fsp3) is 0.261. The van der Waals surface area contributed by atoms with Crippen LogP contribution in [0.3, 0.4) is 0 Å². The molecule has 1 aliphatic heterocycles. The van der Waals surface area contributed by atoms with Gasteiger partial charge in [0.05, 0.1) is 15.6 Å². The summed E-state index contributed by atoms with van der Waals surface area (Å²) in [6.07, 6.45) is -4.40. The molecule has 0 N–H and O–H groups in total. The van der Waals surface area contributed by atoms with Crippen LogP contribution in [-0.2, 0) is 6.18 Å². The first-order chi connectivity index (χ1) is 15.6. The molecule has 0 unspecified atom stereocenters. The lowest BCUT2D eigenvalue weighted by molar-refractivity contribution is -0.137. The molecule has 2 heterocycles. The van der Waals surface area contributed by atoms with Crippen LogP contribution in [0.4, 0.5) is 19.0 Å². The number of halogens is 5. The lowest BCUT2D eigenvalue weighted by atomic mass is 10.1. The van der Waals surface area contributed by atoms with Gasteiger partial charge in [0.1, 0.15) is 5.82 Å². The van der Waals surface area contributed by atoms with Crippen LogP contribution in [0.15, 0.2) is 48.5 Å². The summed E-state index contributed by atoms with van der Waals surface area (Å²) in [5, 5.41) is 0.717. The number of benzene rings is 2. The number of carbonyl (C=O) groups is 1. The van der Waals surface area contributed by atoms with Crippen molar-refractivity contribution in [2.45, 2.75) is 13.1 Å². The summed E-state index contributed by atoms with van der Waals surface area (Å²) in [5.74, 6) is 0.893. The second kappa shape index (κ2) is 9.19. The first kappa shape index (κ1) is 23.3. The van der Waals surface area contributed by atoms with Crippen LogP contribution < -0.4 is 4.90 Å². The molecule has 33 heavy (non-hydrogen) atoms. The van der Waals surface area contributed by atoms with Crippen molar-refractivity contribution in [2.75, 3.05) is 31.1 Å². The van der Waals surface area contributed by atoms with Crippen LogP contribution in [0.5, 0.6) is 0 Å². The van der Waals surface area contributed by atoms with Gasteiger partial charge in [-0.05, 0) is 37.3 Å². The predicted molar refractivity (Wildman–Crippen MR) is 122 cm³/mol. The quantitative estimate of drug-likeness (QED) is 0.465. The number of amides is 1. The van der Waals surface area contributed by atoms with Crippen LogP contribution in [0.2, 0.25) is 10.0 Å². The number of hydrogen-bond acceptors (Lipinski definition) is 4. The monoisotopic (exact) mass is 494 g/mol. The number of aromatic nitrogens is 2. The standard InChI is InChI=1S/C23H19Cl2F3N4O/c1-14-12-20(30-21(29-14)15-2-5-17(6-3-15)23(26,27)28)31-8-10-32(11-9-31)22(33)16-4-7-18(24)19(25)13-16/h2-7,12-13H,8-11H2,1H3. The highest BCUT2D eigenvalue weighted by Crippen LogP contribution is 2.31. The molecule has 1 fully saturated rings. The van der Waals surface area contributed by atoms with Gasteiger partial charge in [0.2, 0.25) is 0 Å². The molecule has 0 bridgehead atoms. The molecule has 1 aromatic heterocycles. The van der Waals surface area contributed by atoms with Gasteiger partial charge in [-0.15, -0.1) is 0 Å². The minimum Gasteiger partial charge on any atom is -0.353 e. The van der Waals surface area contributed by atoms with Crippen molar-refractivity contribution in [1.29, 1.82) is 0 Å². The number of anilines is 1. The van der Waals surface area contributed by atoms with Gasteiger partial charge in [-0.25, -0.2) is 9.97 Å². The number of alkyl halides is 3. The molecule has 1 saturated heterocycles. The molecular formula is C23H19Cl2F3N4O. The summed E-state index contributed by atoms with van der Waals surface area (Å²) in [5.41, 5.74) is 0.952. The van der Waals surface area contributed by atoms with Crippen LogP contribution in [0.25, 0.3) is 11.4 Å². The van der Waals surface area contributed by atoms with Crippen LogP contribution in [0, 0.1) is 6.92 Å². The van der Waals surface area contributed by atoms with E-state index in [0.29, 0.717) is 64.7 Å². The lowest BCUT2D eigenvalue weighted by Gasteiger charge is -2.35. The van der Waals surface area contributed by atoms with Crippen LogP contribution in [0.1, 0.15) is 21.6 Å². The minimum atomic E-state index is -4.40. The molecule has 0 saturated carbocycles. The maximum Gasteiger partial charge on any atom is 0.416 e. The van der Waals surface area contributed by atoms with E-state index in [-0.39, 0.29) is 5.91 Å². The predicted octanol–water partition coefficient (Wildman–Crippen LogP) is 5.74. The van der Waals surface area contributed by atoms with E-state index in [1.807, 2.05) is 17.9 Å². The summed E-state index contributed by atoms with van der Waals surface area (Å²) >= 11 is 12.0. The molecular weight excluding hydrogens is 476 g/mol. The van der Waals surface area contributed by atoms with Crippen LogP contribution in [-0.4, -0.2) is 47.0 Å². The Kier molecular flexibility index (Phi) is 6.50. The van der Waals surface area contributed by atoms with Crippen molar-refractivity contribution in [3.63, 3.8) is 0 Å². The van der Waals surface area contributed by atoms with Gasteiger partial charge < -0.3 is 9.80 Å². The Hall–Kier alpha value is -2.84. The number of rotatable bonds is 3. The summed E-state index contributed by atoms with van der Waals surface area (Å²) in [6.45, 7) is 3.88. The average molecular weight is 495 g/mol. The largest absolute Gasteiger partial charge is 0.416 e. The number of piperazine rings is 1. The zero-order valence-electron chi connectivity index (χ0n) is 17.5. The Balaban J connectivity index is 1.48. The normalized spacial score (nSPS) is 14.5. The molecule has 0 spiro atoms. The summed E-state index contributed by atoms with van der Waals surface area (Å²) < 4.78 is 38.5. The SMILES string of the molecule is Cc1cc(N2CCN(C(=O)c3ccc(Cl)c(Cl)c3)CC2)nc(-c2ccc(C(F)(F)F)cc2)n1. The van der Waals surface area contributed by atoms with Gasteiger partial charge >= 0.3 is 6.18 Å². The van der Waals surface area contributed by atoms with E-state index in [1.165, 1.54) is 12.1 Å². The molecule has 0 aliphatic carbocycles. The van der Waals surface area contributed by atoms with Crippen molar-refractivity contribution >= 4 is 34.9 Å². The van der Waals surface area contributed by atoms with Crippen LogP contribution >= 0.6 is 23.2 Å². The van der Waals surface area contributed by atoms with Crippen molar-refractivity contribution in [2.24, 2.45) is 0 Å². The van der Waals surface area contributed by atoms with Gasteiger partial charge in [-0.1, -0.05) is 35.3 Å². The van der Waals surface area contributed by atoms with E-state index in [1.54, 1.807) is 23.1 Å². The minimum absolute atomic E-state index is 0.127. The third-order valence-corrected chi connectivity index (χ3v) is 6.11. The molecule has 10 heteroatoms. The molecule has 2 aromatic carbocycles. The molecule has 0 radical (unpaired) electrons. The van der Waals surface area contributed by atoms with Gasteiger partial charge in [-0.2, -0.15) is 13.2 Å². The lowest BCUT2D eigenvalue weighted by Crippen LogP contribution is -2.49. The Bertz CT molecular complexity index is 1180. The zero-order valence-corrected chi connectivity index (χ0v) is 19.0. The number of nitrogens with zero attached hydrogens (tertiary/aromatic N) is 4. The molecule has 1 amide bonds. The Morgan fingerprint density at radius 2 is 1.58 bits per heavy atom. The van der Waals surface area contributed by atoms with Crippen molar-refractivity contribution in [3.8, 4) is 11.4 Å². The fourth-order valence-corrected chi connectivity index (χ4v) is 3.90. The molecule has 4 rings (SSSR count). The van der Waals surface area contributed by atoms with Gasteiger partial charge in [0.25, 0.3) is 5.91 Å². The van der Waals surface area contributed by atoms with E-state index < -0.39 is 11.7 Å². The summed E-state index contributed by atoms with van der Waals surface area (Å²) in [6, 6.07) is 11.4. The maximum absolute atomic E-state index is 12.8. The maximum atomic E-state index is 12.8. The smallest absolute Gasteiger partial charge is 0.353 e. The first-order valence-electron chi connectivity index (χ1n) is 10.1. The van der Waals surface area contributed by atoms with Crippen molar-refractivity contribution < 1.29 is 18.0 Å². The van der Waals surface area contributed by atoms with Gasteiger partial charge in [0, 0.05) is 49.1 Å². The summed E-state index contributed by atoms with van der Waals surface area (Å²) in [4.78, 5) is 25.5. The van der Waals surface area contributed by atoms with Crippen molar-refractivity contribution in [1.82, 2.24) is 14.9 Å². The molecule has 0 atom stereocenters. The summed E-state index contributed by atoms with van der Waals surface area (Å²) in [7, 11) is 0. The van der Waals surface area contributed by atoms with Gasteiger partial charge in [-0.3, -0.25) is 4.79 Å². The second-order valence-corrected chi connectivity index (χ2v) is 8.49. The Morgan fingerprint density at radius 1 is 0.909 bits per heavy atom. The fourth-order valence-electron chi connectivity index (χ4n) is 3.60. The third-order valence-electron chi connectivity index (χ3n) is 5.37. The van der Waals surface area contributed by atoms with E-state index in [4.69, 9.17) is 23.2 Å². The first-order valence-corrected chi connectivity index (χ1v) is 10.9. The average Bonchev–Trinajstić information content (AvgIpc) is 2.79.